The topological polar surface area (TPSA) is 70.6 Å². The van der Waals surface area contributed by atoms with Gasteiger partial charge in [0.2, 0.25) is 5.96 Å². The number of nitrogens with one attached hydrogen (secondary N) is 2. The van der Waals surface area contributed by atoms with Crippen LogP contribution in [0.15, 0.2) is 45.7 Å². The van der Waals surface area contributed by atoms with Gasteiger partial charge in [0, 0.05) is 12.6 Å². The first-order valence-corrected chi connectivity index (χ1v) is 9.17. The number of hydrogen-bond donors (Lipinski definition) is 2. The van der Waals surface area contributed by atoms with E-state index < -0.39 is 10.0 Å². The van der Waals surface area contributed by atoms with E-state index in [1.54, 1.807) is 25.2 Å². The normalized spacial score (nSPS) is 18.3. The Hall–Kier alpha value is -2.41. The first-order valence-electron chi connectivity index (χ1n) is 7.73. The molecule has 0 saturated heterocycles. The molecule has 2 aliphatic rings. The SMILES string of the molecule is CNC1=NS(=O)(=O)c2cccc(-c3cccc(F)c3C3CC3)c2N1. The maximum absolute atomic E-state index is 14.4. The molecule has 2 aromatic carbocycles. The van der Waals surface area contributed by atoms with E-state index in [0.717, 1.165) is 18.4 Å². The molecule has 0 spiro atoms. The van der Waals surface area contributed by atoms with E-state index in [1.807, 2.05) is 6.07 Å². The van der Waals surface area contributed by atoms with Gasteiger partial charge in [-0.05, 0) is 42.0 Å². The number of rotatable bonds is 2. The summed E-state index contributed by atoms with van der Waals surface area (Å²) in [7, 11) is -2.20. The second kappa shape index (κ2) is 5.31. The zero-order chi connectivity index (χ0) is 16.9. The fraction of sp³-hybridized carbons (Fsp3) is 0.235. The third kappa shape index (κ3) is 2.36. The van der Waals surface area contributed by atoms with Gasteiger partial charge in [0.05, 0.1) is 5.69 Å². The maximum atomic E-state index is 14.4. The second-order valence-corrected chi connectivity index (χ2v) is 7.52. The largest absolute Gasteiger partial charge is 0.358 e. The van der Waals surface area contributed by atoms with E-state index >= 15 is 0 Å². The van der Waals surface area contributed by atoms with Gasteiger partial charge in [0.15, 0.2) is 0 Å². The second-order valence-electron chi connectivity index (χ2n) is 5.94. The lowest BCUT2D eigenvalue weighted by molar-refractivity contribution is 0.597. The minimum absolute atomic E-state index is 0.102. The number of anilines is 1. The molecule has 1 aliphatic heterocycles. The van der Waals surface area contributed by atoms with Crippen LogP contribution in [0.5, 0.6) is 0 Å². The lowest BCUT2D eigenvalue weighted by atomic mass is 9.95. The molecule has 1 fully saturated rings. The molecular weight excluding hydrogens is 329 g/mol. The minimum Gasteiger partial charge on any atom is -0.358 e. The zero-order valence-electron chi connectivity index (χ0n) is 13.0. The number of halogens is 1. The highest BCUT2D eigenvalue weighted by molar-refractivity contribution is 7.90. The summed E-state index contributed by atoms with van der Waals surface area (Å²) in [6.45, 7) is 0. The van der Waals surface area contributed by atoms with Crippen LogP contribution >= 0.6 is 0 Å². The zero-order valence-corrected chi connectivity index (χ0v) is 13.8. The molecule has 0 unspecified atom stereocenters. The standard InChI is InChI=1S/C17H16FN3O2S/c1-19-17-20-16-12(5-3-7-14(16)24(22,23)21-17)11-4-2-6-13(18)15(11)10-8-9-10/h2-7,10H,8-9H2,1H3,(H2,19,20,21). The molecule has 1 heterocycles. The van der Waals surface area contributed by atoms with Gasteiger partial charge in [-0.2, -0.15) is 8.42 Å². The number of fused-ring (bicyclic) bond motifs is 1. The number of nitrogens with zero attached hydrogens (tertiary/aromatic N) is 1. The lowest BCUT2D eigenvalue weighted by Gasteiger charge is -2.22. The molecule has 2 aromatic rings. The molecular formula is C17H16FN3O2S. The Morgan fingerprint density at radius 2 is 1.88 bits per heavy atom. The molecule has 2 N–H and O–H groups in total. The molecule has 24 heavy (non-hydrogen) atoms. The first kappa shape index (κ1) is 15.1. The Morgan fingerprint density at radius 1 is 1.17 bits per heavy atom. The summed E-state index contributed by atoms with van der Waals surface area (Å²) < 4.78 is 42.8. The van der Waals surface area contributed by atoms with E-state index in [1.165, 1.54) is 12.1 Å². The van der Waals surface area contributed by atoms with Gasteiger partial charge in [-0.25, -0.2) is 4.39 Å². The molecule has 0 radical (unpaired) electrons. The van der Waals surface area contributed by atoms with Crippen molar-refractivity contribution in [2.45, 2.75) is 23.7 Å². The van der Waals surface area contributed by atoms with Crippen molar-refractivity contribution in [3.05, 3.63) is 47.8 Å². The predicted octanol–water partition coefficient (Wildman–Crippen LogP) is 3.06. The predicted molar refractivity (Wildman–Crippen MR) is 91.1 cm³/mol. The number of benzene rings is 2. The van der Waals surface area contributed by atoms with Gasteiger partial charge >= 0.3 is 0 Å². The highest BCUT2D eigenvalue weighted by Crippen LogP contribution is 2.47. The van der Waals surface area contributed by atoms with Gasteiger partial charge in [-0.1, -0.05) is 24.3 Å². The number of para-hydroxylation sites is 1. The number of guanidine groups is 1. The Balaban J connectivity index is 1.97. The Morgan fingerprint density at radius 3 is 2.58 bits per heavy atom. The van der Waals surface area contributed by atoms with Gasteiger partial charge in [0.25, 0.3) is 10.0 Å². The van der Waals surface area contributed by atoms with Crippen molar-refractivity contribution in [1.29, 1.82) is 0 Å². The fourth-order valence-electron chi connectivity index (χ4n) is 3.08. The van der Waals surface area contributed by atoms with Crippen LogP contribution in [0.4, 0.5) is 10.1 Å². The summed E-state index contributed by atoms with van der Waals surface area (Å²) in [5, 5.41) is 5.74. The van der Waals surface area contributed by atoms with Crippen LogP contribution in [0.3, 0.4) is 0 Å². The molecule has 1 saturated carbocycles. The molecule has 5 nitrogen and oxygen atoms in total. The fourth-order valence-corrected chi connectivity index (χ4v) is 4.22. The van der Waals surface area contributed by atoms with Gasteiger partial charge < -0.3 is 10.6 Å². The highest BCUT2D eigenvalue weighted by atomic mass is 32.2. The van der Waals surface area contributed by atoms with Crippen molar-refractivity contribution in [2.75, 3.05) is 12.4 Å². The van der Waals surface area contributed by atoms with Crippen molar-refractivity contribution < 1.29 is 12.8 Å². The van der Waals surface area contributed by atoms with Crippen LogP contribution in [0.1, 0.15) is 24.3 Å². The van der Waals surface area contributed by atoms with E-state index in [9.17, 15) is 12.8 Å². The highest BCUT2D eigenvalue weighted by Gasteiger charge is 2.32. The molecule has 4 rings (SSSR count). The summed E-state index contributed by atoms with van der Waals surface area (Å²) in [6, 6.07) is 9.92. The summed E-state index contributed by atoms with van der Waals surface area (Å²) in [5.41, 5.74) is 2.50. The molecule has 0 atom stereocenters. The lowest BCUT2D eigenvalue weighted by Crippen LogP contribution is -2.32. The molecule has 1 aliphatic carbocycles. The molecule has 0 amide bonds. The van der Waals surface area contributed by atoms with E-state index in [2.05, 4.69) is 15.0 Å². The van der Waals surface area contributed by atoms with Gasteiger partial charge in [-0.15, -0.1) is 4.40 Å². The van der Waals surface area contributed by atoms with Crippen LogP contribution in [0.25, 0.3) is 11.1 Å². The molecule has 124 valence electrons. The van der Waals surface area contributed by atoms with Crippen molar-refractivity contribution in [3.63, 3.8) is 0 Å². The van der Waals surface area contributed by atoms with Gasteiger partial charge in [-0.3, -0.25) is 0 Å². The first-order chi connectivity index (χ1) is 11.5. The average Bonchev–Trinajstić information content (AvgIpc) is 3.38. The Kier molecular flexibility index (Phi) is 3.35. The smallest absolute Gasteiger partial charge is 0.287 e. The summed E-state index contributed by atoms with van der Waals surface area (Å²) >= 11 is 0. The van der Waals surface area contributed by atoms with Crippen LogP contribution in [0.2, 0.25) is 0 Å². The van der Waals surface area contributed by atoms with Crippen LogP contribution in [0, 0.1) is 5.82 Å². The molecule has 7 heteroatoms. The van der Waals surface area contributed by atoms with E-state index in [0.29, 0.717) is 16.8 Å². The van der Waals surface area contributed by atoms with Crippen LogP contribution in [-0.4, -0.2) is 21.4 Å². The Bertz CT molecular complexity index is 966. The molecule has 0 bridgehead atoms. The van der Waals surface area contributed by atoms with Crippen molar-refractivity contribution in [1.82, 2.24) is 5.32 Å². The number of sulfonamides is 1. The van der Waals surface area contributed by atoms with Crippen LogP contribution in [-0.2, 0) is 10.0 Å². The summed E-state index contributed by atoms with van der Waals surface area (Å²) in [5.74, 6) is 0.114. The summed E-state index contributed by atoms with van der Waals surface area (Å²) in [6.07, 6.45) is 1.91. The van der Waals surface area contributed by atoms with E-state index in [-0.39, 0.29) is 22.6 Å². The third-order valence-electron chi connectivity index (χ3n) is 4.32. The van der Waals surface area contributed by atoms with Crippen LogP contribution < -0.4 is 10.6 Å². The monoisotopic (exact) mass is 345 g/mol. The van der Waals surface area contributed by atoms with Gasteiger partial charge in [0.1, 0.15) is 10.7 Å². The quantitative estimate of drug-likeness (QED) is 0.878. The van der Waals surface area contributed by atoms with Crippen molar-refractivity contribution >= 4 is 21.7 Å². The molecule has 0 aromatic heterocycles. The van der Waals surface area contributed by atoms with Crippen molar-refractivity contribution in [2.24, 2.45) is 4.40 Å². The number of hydrogen-bond acceptors (Lipinski definition) is 4. The minimum atomic E-state index is -3.79. The maximum Gasteiger partial charge on any atom is 0.287 e. The van der Waals surface area contributed by atoms with E-state index in [4.69, 9.17) is 0 Å². The Labute approximate surface area is 139 Å². The summed E-state index contributed by atoms with van der Waals surface area (Å²) in [4.78, 5) is 0.102. The third-order valence-corrected chi connectivity index (χ3v) is 5.64. The average molecular weight is 345 g/mol. The van der Waals surface area contributed by atoms with Crippen molar-refractivity contribution in [3.8, 4) is 11.1 Å².